The second-order valence-electron chi connectivity index (χ2n) is 7.04. The van der Waals surface area contributed by atoms with Crippen molar-refractivity contribution in [1.82, 2.24) is 4.90 Å². The zero-order valence-electron chi connectivity index (χ0n) is 18.4. The van der Waals surface area contributed by atoms with E-state index in [-0.39, 0.29) is 18.5 Å². The van der Waals surface area contributed by atoms with Crippen LogP contribution in [0.1, 0.15) is 6.92 Å². The molecule has 0 radical (unpaired) electrons. The fourth-order valence-corrected chi connectivity index (χ4v) is 3.41. The van der Waals surface area contributed by atoms with Gasteiger partial charge in [-0.3, -0.25) is 14.5 Å². The Balaban J connectivity index is 1.71. The highest BCUT2D eigenvalue weighted by molar-refractivity contribution is 6.01. The molecule has 1 fully saturated rings. The van der Waals surface area contributed by atoms with E-state index in [1.165, 1.54) is 26.0 Å². The molecule has 0 spiro atoms. The van der Waals surface area contributed by atoms with Crippen LogP contribution >= 0.6 is 0 Å². The number of carbonyl (C=O) groups is 3. The molecule has 0 atom stereocenters. The number of anilines is 3. The first-order valence-corrected chi connectivity index (χ1v) is 9.90. The molecule has 3 rings (SSSR count). The van der Waals surface area contributed by atoms with Gasteiger partial charge in [-0.1, -0.05) is 0 Å². The van der Waals surface area contributed by atoms with Crippen LogP contribution in [0.2, 0.25) is 0 Å². The Hall–Kier alpha value is -3.95. The molecule has 1 heterocycles. The number of ether oxygens (including phenoxy) is 3. The Morgan fingerprint density at radius 2 is 1.66 bits per heavy atom. The number of methoxy groups -OCH3 is 3. The normalized spacial score (nSPS) is 13.1. The third kappa shape index (κ3) is 5.02. The molecule has 170 valence electrons. The summed E-state index contributed by atoms with van der Waals surface area (Å²) in [5, 5.41) is 5.40. The Morgan fingerprint density at radius 3 is 2.31 bits per heavy atom. The second-order valence-corrected chi connectivity index (χ2v) is 7.04. The van der Waals surface area contributed by atoms with Crippen LogP contribution in [0.4, 0.5) is 21.9 Å². The molecular weight excluding hydrogens is 416 g/mol. The monoisotopic (exact) mass is 442 g/mol. The average Bonchev–Trinajstić information content (AvgIpc) is 3.12. The van der Waals surface area contributed by atoms with Gasteiger partial charge in [-0.25, -0.2) is 4.79 Å². The van der Waals surface area contributed by atoms with Crippen molar-refractivity contribution < 1.29 is 28.6 Å². The number of nitrogens with one attached hydrogen (secondary N) is 2. The zero-order valence-corrected chi connectivity index (χ0v) is 18.4. The van der Waals surface area contributed by atoms with Gasteiger partial charge in [0.2, 0.25) is 11.8 Å². The molecule has 32 heavy (non-hydrogen) atoms. The highest BCUT2D eigenvalue weighted by atomic mass is 16.5. The van der Waals surface area contributed by atoms with Crippen LogP contribution < -0.4 is 29.7 Å². The van der Waals surface area contributed by atoms with Gasteiger partial charge in [-0.15, -0.1) is 0 Å². The van der Waals surface area contributed by atoms with Crippen molar-refractivity contribution in [2.24, 2.45) is 0 Å². The van der Waals surface area contributed by atoms with Gasteiger partial charge in [0.25, 0.3) is 0 Å². The number of benzene rings is 2. The molecule has 0 aliphatic carbocycles. The number of amides is 4. The van der Waals surface area contributed by atoms with E-state index in [4.69, 9.17) is 14.2 Å². The summed E-state index contributed by atoms with van der Waals surface area (Å²) in [5.41, 5.74) is 1.48. The van der Waals surface area contributed by atoms with Gasteiger partial charge in [0.1, 0.15) is 23.8 Å². The summed E-state index contributed by atoms with van der Waals surface area (Å²) in [4.78, 5) is 39.9. The van der Waals surface area contributed by atoms with E-state index in [9.17, 15) is 14.4 Å². The van der Waals surface area contributed by atoms with E-state index in [1.54, 1.807) is 48.4 Å². The topological polar surface area (TPSA) is 109 Å². The summed E-state index contributed by atoms with van der Waals surface area (Å²) in [6.07, 6.45) is 0. The summed E-state index contributed by atoms with van der Waals surface area (Å²) >= 11 is 0. The fraction of sp³-hybridized carbons (Fsp3) is 0.318. The third-order valence-electron chi connectivity index (χ3n) is 4.90. The molecule has 0 saturated carbocycles. The minimum Gasteiger partial charge on any atom is -0.497 e. The smallest absolute Gasteiger partial charge is 0.325 e. The van der Waals surface area contributed by atoms with Gasteiger partial charge in [0.15, 0.2) is 0 Å². The van der Waals surface area contributed by atoms with E-state index < -0.39 is 5.91 Å². The zero-order chi connectivity index (χ0) is 23.3. The van der Waals surface area contributed by atoms with E-state index in [2.05, 4.69) is 10.6 Å². The standard InChI is InChI=1S/C22H26N4O6/c1-14(27)23-15-5-7-19(31-3)17(11-15)24-21(28)13-25-9-10-26(22(25)29)18-12-16(30-2)6-8-20(18)32-4/h5-8,11-12H,9-10,13H2,1-4H3,(H,23,27)(H,24,28). The molecule has 10 nitrogen and oxygen atoms in total. The van der Waals surface area contributed by atoms with Crippen molar-refractivity contribution in [2.75, 3.05) is 56.5 Å². The van der Waals surface area contributed by atoms with E-state index >= 15 is 0 Å². The number of rotatable bonds is 8. The maximum atomic E-state index is 13.0. The largest absolute Gasteiger partial charge is 0.497 e. The first-order valence-electron chi connectivity index (χ1n) is 9.90. The lowest BCUT2D eigenvalue weighted by Crippen LogP contribution is -2.37. The predicted octanol–water partition coefficient (Wildman–Crippen LogP) is 2.55. The van der Waals surface area contributed by atoms with E-state index in [0.29, 0.717) is 47.4 Å². The number of nitrogens with zero attached hydrogens (tertiary/aromatic N) is 2. The molecule has 0 unspecified atom stereocenters. The molecule has 10 heteroatoms. The SMILES string of the molecule is COc1ccc(OC)c(N2CCN(CC(=O)Nc3cc(NC(C)=O)ccc3OC)C2=O)c1. The summed E-state index contributed by atoms with van der Waals surface area (Å²) in [5.74, 6) is 0.933. The Morgan fingerprint density at radius 1 is 0.938 bits per heavy atom. The Labute approximate surface area is 186 Å². The highest BCUT2D eigenvalue weighted by Crippen LogP contribution is 2.34. The minimum atomic E-state index is -0.393. The van der Waals surface area contributed by atoms with Gasteiger partial charge < -0.3 is 29.7 Å². The Kier molecular flexibility index (Phi) is 7.04. The van der Waals surface area contributed by atoms with Crippen molar-refractivity contribution >= 4 is 34.9 Å². The average molecular weight is 442 g/mol. The molecular formula is C22H26N4O6. The molecule has 2 N–H and O–H groups in total. The van der Waals surface area contributed by atoms with Gasteiger partial charge in [0.05, 0.1) is 32.7 Å². The van der Waals surface area contributed by atoms with Crippen molar-refractivity contribution in [2.45, 2.75) is 6.92 Å². The number of urea groups is 1. The molecule has 1 aliphatic heterocycles. The van der Waals surface area contributed by atoms with E-state index in [0.717, 1.165) is 0 Å². The van der Waals surface area contributed by atoms with Crippen LogP contribution in [-0.2, 0) is 9.59 Å². The van der Waals surface area contributed by atoms with Crippen LogP contribution in [0.5, 0.6) is 17.2 Å². The number of hydrogen-bond acceptors (Lipinski definition) is 6. The first kappa shape index (κ1) is 22.7. The van der Waals surface area contributed by atoms with Crippen molar-refractivity contribution in [3.05, 3.63) is 36.4 Å². The molecule has 0 aromatic heterocycles. The predicted molar refractivity (Wildman–Crippen MR) is 120 cm³/mol. The number of hydrogen-bond donors (Lipinski definition) is 2. The molecule has 0 bridgehead atoms. The third-order valence-corrected chi connectivity index (χ3v) is 4.90. The second kappa shape index (κ2) is 9.90. The van der Waals surface area contributed by atoms with Crippen LogP contribution in [-0.4, -0.2) is 63.7 Å². The van der Waals surface area contributed by atoms with Gasteiger partial charge in [-0.2, -0.15) is 0 Å². The Bertz CT molecular complexity index is 1030. The fourth-order valence-electron chi connectivity index (χ4n) is 3.41. The summed E-state index contributed by atoms with van der Waals surface area (Å²) < 4.78 is 15.9. The van der Waals surface area contributed by atoms with Gasteiger partial charge in [0, 0.05) is 31.8 Å². The van der Waals surface area contributed by atoms with E-state index in [1.807, 2.05) is 0 Å². The molecule has 1 saturated heterocycles. The summed E-state index contributed by atoms with van der Waals surface area (Å²) in [6, 6.07) is 9.78. The lowest BCUT2D eigenvalue weighted by Gasteiger charge is -2.21. The van der Waals surface area contributed by atoms with Crippen LogP contribution in [0.25, 0.3) is 0 Å². The lowest BCUT2D eigenvalue weighted by atomic mass is 10.2. The van der Waals surface area contributed by atoms with Crippen LogP contribution in [0.15, 0.2) is 36.4 Å². The number of carbonyl (C=O) groups excluding carboxylic acids is 3. The lowest BCUT2D eigenvalue weighted by molar-refractivity contribution is -0.116. The highest BCUT2D eigenvalue weighted by Gasteiger charge is 2.32. The van der Waals surface area contributed by atoms with Gasteiger partial charge in [-0.05, 0) is 30.3 Å². The van der Waals surface area contributed by atoms with Crippen molar-refractivity contribution in [1.29, 1.82) is 0 Å². The molecule has 2 aromatic carbocycles. The van der Waals surface area contributed by atoms with Gasteiger partial charge >= 0.3 is 6.03 Å². The minimum absolute atomic E-state index is 0.144. The van der Waals surface area contributed by atoms with Crippen LogP contribution in [0, 0.1) is 0 Å². The first-order chi connectivity index (χ1) is 15.4. The summed E-state index contributed by atoms with van der Waals surface area (Å²) in [6.45, 7) is 2.02. The molecule has 4 amide bonds. The van der Waals surface area contributed by atoms with Crippen molar-refractivity contribution in [3.63, 3.8) is 0 Å². The molecule has 2 aromatic rings. The molecule has 1 aliphatic rings. The summed E-state index contributed by atoms with van der Waals surface area (Å²) in [7, 11) is 4.55. The maximum absolute atomic E-state index is 13.0. The maximum Gasteiger partial charge on any atom is 0.325 e. The van der Waals surface area contributed by atoms with Crippen LogP contribution in [0.3, 0.4) is 0 Å². The van der Waals surface area contributed by atoms with Crippen molar-refractivity contribution in [3.8, 4) is 17.2 Å². The quantitative estimate of drug-likeness (QED) is 0.650.